The lowest BCUT2D eigenvalue weighted by Gasteiger charge is -2.07. The number of aryl methyl sites for hydroxylation is 1. The molecule has 0 aromatic heterocycles. The van der Waals surface area contributed by atoms with Crippen LogP contribution < -0.4 is 0 Å². The topological polar surface area (TPSA) is 37.1 Å². The van der Waals surface area contributed by atoms with Crippen molar-refractivity contribution in [3.05, 3.63) is 107 Å². The molecule has 1 aliphatic rings. The van der Waals surface area contributed by atoms with E-state index in [0.29, 0.717) is 9.92 Å². The zero-order valence-corrected chi connectivity index (χ0v) is 16.9. The summed E-state index contributed by atoms with van der Waals surface area (Å²) < 4.78 is 28.0. The van der Waals surface area contributed by atoms with Crippen LogP contribution in [-0.4, -0.2) is 18.8 Å². The molecule has 0 aliphatic carbocycles. The minimum atomic E-state index is -3.59. The van der Waals surface area contributed by atoms with Gasteiger partial charge in [-0.2, -0.15) is 4.31 Å². The molecule has 3 atom stereocenters. The normalized spacial score (nSPS) is 21.7. The zero-order chi connectivity index (χ0) is 19.7. The highest BCUT2D eigenvalue weighted by Crippen LogP contribution is 2.48. The predicted molar refractivity (Wildman–Crippen MR) is 114 cm³/mol. The molecule has 4 rings (SSSR count). The molecule has 0 N–H and O–H groups in total. The predicted octanol–water partition coefficient (Wildman–Crippen LogP) is 5.48. The molecule has 5 heteroatoms. The van der Waals surface area contributed by atoms with Crippen LogP contribution in [0.5, 0.6) is 0 Å². The smallest absolute Gasteiger partial charge is 0.207 e. The summed E-state index contributed by atoms with van der Waals surface area (Å²) in [6.45, 7) is 1.94. The fourth-order valence-corrected chi connectivity index (χ4v) is 5.18. The number of nitrogens with zero attached hydrogens (tertiary/aromatic N) is 1. The summed E-state index contributed by atoms with van der Waals surface area (Å²) >= 11 is 6.01. The van der Waals surface area contributed by atoms with Gasteiger partial charge in [-0.05, 0) is 42.3 Å². The average molecular weight is 410 g/mol. The van der Waals surface area contributed by atoms with Gasteiger partial charge in [0, 0.05) is 5.02 Å². The van der Waals surface area contributed by atoms with Gasteiger partial charge in [0.1, 0.15) is 0 Å². The summed E-state index contributed by atoms with van der Waals surface area (Å²) in [5.74, 6) is 0. The molecule has 3 aromatic rings. The van der Waals surface area contributed by atoms with Crippen LogP contribution >= 0.6 is 11.6 Å². The van der Waals surface area contributed by atoms with Gasteiger partial charge in [0.15, 0.2) is 0 Å². The Kier molecular flexibility index (Phi) is 5.11. The third kappa shape index (κ3) is 3.76. The minimum Gasteiger partial charge on any atom is -0.207 e. The fourth-order valence-electron chi connectivity index (χ4n) is 3.34. The SMILES string of the molecule is Cc1ccc(S(=O)(=O)N2[C@H](/C=C/c3ccccc3)[C@H]2c2ccc(Cl)cc2)cc1. The highest BCUT2D eigenvalue weighted by atomic mass is 35.5. The molecule has 3 nitrogen and oxygen atoms in total. The van der Waals surface area contributed by atoms with Crippen LogP contribution in [0, 0.1) is 6.92 Å². The molecular formula is C23H20ClNO2S. The highest BCUT2D eigenvalue weighted by molar-refractivity contribution is 7.89. The maximum atomic E-state index is 13.2. The van der Waals surface area contributed by atoms with E-state index < -0.39 is 10.0 Å². The zero-order valence-electron chi connectivity index (χ0n) is 15.4. The number of hydrogen-bond donors (Lipinski definition) is 0. The second kappa shape index (κ2) is 7.55. The van der Waals surface area contributed by atoms with E-state index in [1.165, 1.54) is 0 Å². The molecule has 0 amide bonds. The van der Waals surface area contributed by atoms with Crippen LogP contribution in [0.25, 0.3) is 6.08 Å². The first-order valence-electron chi connectivity index (χ1n) is 9.06. The summed E-state index contributed by atoms with van der Waals surface area (Å²) in [6.07, 6.45) is 3.93. The third-order valence-corrected chi connectivity index (χ3v) is 7.04. The van der Waals surface area contributed by atoms with Crippen molar-refractivity contribution in [1.82, 2.24) is 4.31 Å². The van der Waals surface area contributed by atoms with E-state index in [4.69, 9.17) is 11.6 Å². The van der Waals surface area contributed by atoms with E-state index in [0.717, 1.165) is 16.7 Å². The average Bonchev–Trinajstić information content (AvgIpc) is 3.43. The van der Waals surface area contributed by atoms with Crippen LogP contribution in [0.4, 0.5) is 0 Å². The molecule has 3 aromatic carbocycles. The van der Waals surface area contributed by atoms with E-state index >= 15 is 0 Å². The monoisotopic (exact) mass is 409 g/mol. The Morgan fingerprint density at radius 1 is 0.893 bits per heavy atom. The van der Waals surface area contributed by atoms with E-state index in [-0.39, 0.29) is 12.1 Å². The molecular weight excluding hydrogens is 390 g/mol. The molecule has 0 radical (unpaired) electrons. The van der Waals surface area contributed by atoms with Crippen molar-refractivity contribution in [2.45, 2.75) is 23.9 Å². The molecule has 28 heavy (non-hydrogen) atoms. The first-order valence-corrected chi connectivity index (χ1v) is 10.9. The van der Waals surface area contributed by atoms with Crippen LogP contribution in [-0.2, 0) is 10.0 Å². The Morgan fingerprint density at radius 3 is 2.18 bits per heavy atom. The largest absolute Gasteiger partial charge is 0.244 e. The van der Waals surface area contributed by atoms with Crippen molar-refractivity contribution >= 4 is 27.7 Å². The summed E-state index contributed by atoms with van der Waals surface area (Å²) in [5.41, 5.74) is 3.00. The Morgan fingerprint density at radius 2 is 1.54 bits per heavy atom. The van der Waals surface area contributed by atoms with Crippen molar-refractivity contribution in [2.75, 3.05) is 0 Å². The van der Waals surface area contributed by atoms with Crippen LogP contribution in [0.3, 0.4) is 0 Å². The van der Waals surface area contributed by atoms with Gasteiger partial charge in [0.05, 0.1) is 17.0 Å². The van der Waals surface area contributed by atoms with Crippen molar-refractivity contribution in [3.8, 4) is 0 Å². The van der Waals surface area contributed by atoms with Crippen molar-refractivity contribution in [2.24, 2.45) is 0 Å². The van der Waals surface area contributed by atoms with E-state index in [1.807, 2.05) is 73.7 Å². The quantitative estimate of drug-likeness (QED) is 0.523. The van der Waals surface area contributed by atoms with Crippen LogP contribution in [0.15, 0.2) is 89.8 Å². The van der Waals surface area contributed by atoms with Gasteiger partial charge in [0.2, 0.25) is 10.0 Å². The molecule has 142 valence electrons. The van der Waals surface area contributed by atoms with Gasteiger partial charge in [-0.3, -0.25) is 0 Å². The molecule has 0 saturated carbocycles. The van der Waals surface area contributed by atoms with Gasteiger partial charge < -0.3 is 0 Å². The van der Waals surface area contributed by atoms with Crippen LogP contribution in [0.1, 0.15) is 22.7 Å². The Bertz CT molecular complexity index is 1090. The Hall–Kier alpha value is -2.40. The Balaban J connectivity index is 1.68. The molecule has 1 fully saturated rings. The van der Waals surface area contributed by atoms with Gasteiger partial charge in [-0.25, -0.2) is 8.42 Å². The van der Waals surface area contributed by atoms with Gasteiger partial charge in [-0.15, -0.1) is 0 Å². The molecule has 0 spiro atoms. The molecule has 0 bridgehead atoms. The van der Waals surface area contributed by atoms with Crippen molar-refractivity contribution < 1.29 is 8.42 Å². The maximum absolute atomic E-state index is 13.2. The van der Waals surface area contributed by atoms with Gasteiger partial charge in [-0.1, -0.05) is 83.9 Å². The summed E-state index contributed by atoms with van der Waals surface area (Å²) in [4.78, 5) is 0.313. The second-order valence-corrected chi connectivity index (χ2v) is 9.18. The van der Waals surface area contributed by atoms with Gasteiger partial charge in [0.25, 0.3) is 0 Å². The van der Waals surface area contributed by atoms with E-state index in [1.54, 1.807) is 28.6 Å². The molecule has 1 saturated heterocycles. The Labute approximate surface area is 170 Å². The maximum Gasteiger partial charge on any atom is 0.244 e. The highest BCUT2D eigenvalue weighted by Gasteiger charge is 2.54. The lowest BCUT2D eigenvalue weighted by atomic mass is 10.1. The lowest BCUT2D eigenvalue weighted by Crippen LogP contribution is -2.14. The number of halogens is 1. The number of sulfonamides is 1. The van der Waals surface area contributed by atoms with Crippen LogP contribution in [0.2, 0.25) is 5.02 Å². The minimum absolute atomic E-state index is 0.229. The van der Waals surface area contributed by atoms with Crippen molar-refractivity contribution in [3.63, 3.8) is 0 Å². The number of hydrogen-bond acceptors (Lipinski definition) is 2. The first-order chi connectivity index (χ1) is 13.5. The molecule has 1 aliphatic heterocycles. The fraction of sp³-hybridized carbons (Fsp3) is 0.130. The summed E-state index contributed by atoms with van der Waals surface area (Å²) in [7, 11) is -3.59. The first kappa shape index (κ1) is 18.9. The third-order valence-electron chi connectivity index (χ3n) is 4.90. The summed E-state index contributed by atoms with van der Waals surface area (Å²) in [6, 6.07) is 23.8. The van der Waals surface area contributed by atoms with E-state index in [2.05, 4.69) is 0 Å². The molecule has 1 unspecified atom stereocenters. The van der Waals surface area contributed by atoms with Gasteiger partial charge >= 0.3 is 0 Å². The number of benzene rings is 3. The second-order valence-electron chi connectivity index (χ2n) is 6.90. The van der Waals surface area contributed by atoms with Crippen molar-refractivity contribution in [1.29, 1.82) is 0 Å². The van der Waals surface area contributed by atoms with E-state index in [9.17, 15) is 8.42 Å². The number of rotatable bonds is 5. The summed E-state index contributed by atoms with van der Waals surface area (Å²) in [5, 5.41) is 0.633. The lowest BCUT2D eigenvalue weighted by molar-refractivity contribution is 0.550. The molecule has 1 heterocycles. The standard InChI is InChI=1S/C23H20ClNO2S/c1-17-7-14-21(15-8-17)28(26,27)25-22(16-9-18-5-3-2-4-6-18)23(25)19-10-12-20(24)13-11-19/h2-16,22-23H,1H3/b16-9+/t22-,23-,25?/m1/s1.